The molecule has 0 aliphatic heterocycles. The van der Waals surface area contributed by atoms with E-state index in [0.29, 0.717) is 41.5 Å². The molecule has 1 aliphatic carbocycles. The zero-order valence-corrected chi connectivity index (χ0v) is 13.0. The lowest BCUT2D eigenvalue weighted by Gasteiger charge is -2.25. The zero-order valence-electron chi connectivity index (χ0n) is 11.5. The third-order valence-corrected chi connectivity index (χ3v) is 4.30. The van der Waals surface area contributed by atoms with Crippen molar-refractivity contribution in [2.24, 2.45) is 5.92 Å². The van der Waals surface area contributed by atoms with Crippen molar-refractivity contribution in [3.8, 4) is 0 Å². The summed E-state index contributed by atoms with van der Waals surface area (Å²) in [7, 11) is 0. The van der Waals surface area contributed by atoms with Crippen LogP contribution in [0, 0.1) is 5.92 Å². The lowest BCUT2D eigenvalue weighted by molar-refractivity contribution is 0.262. The van der Waals surface area contributed by atoms with Gasteiger partial charge >= 0.3 is 0 Å². The number of nitrogens with one attached hydrogen (secondary N) is 1. The van der Waals surface area contributed by atoms with Gasteiger partial charge in [0.25, 0.3) is 5.56 Å². The second-order valence-electron chi connectivity index (χ2n) is 5.16. The number of rotatable bonds is 6. The SMILES string of the molecule is O=c1c(NCCc2ncno2)c(Br)cnn1CC1CCC1. The minimum Gasteiger partial charge on any atom is -0.379 e. The van der Waals surface area contributed by atoms with E-state index in [4.69, 9.17) is 4.52 Å². The van der Waals surface area contributed by atoms with Crippen LogP contribution in [0.2, 0.25) is 0 Å². The van der Waals surface area contributed by atoms with Gasteiger partial charge in [-0.1, -0.05) is 11.6 Å². The predicted molar refractivity (Wildman–Crippen MR) is 80.0 cm³/mol. The molecule has 0 saturated heterocycles. The van der Waals surface area contributed by atoms with Gasteiger partial charge in [0, 0.05) is 19.5 Å². The van der Waals surface area contributed by atoms with Gasteiger partial charge in [-0.3, -0.25) is 4.79 Å². The Morgan fingerprint density at radius 3 is 3.00 bits per heavy atom. The first-order chi connectivity index (χ1) is 10.2. The highest BCUT2D eigenvalue weighted by molar-refractivity contribution is 9.10. The van der Waals surface area contributed by atoms with Gasteiger partial charge in [-0.05, 0) is 34.7 Å². The lowest BCUT2D eigenvalue weighted by atomic mass is 9.85. The molecule has 3 rings (SSSR count). The molecule has 0 bridgehead atoms. The molecule has 0 radical (unpaired) electrons. The fourth-order valence-electron chi connectivity index (χ4n) is 2.28. The Kier molecular flexibility index (Phi) is 4.33. The van der Waals surface area contributed by atoms with E-state index in [1.54, 1.807) is 10.9 Å². The summed E-state index contributed by atoms with van der Waals surface area (Å²) >= 11 is 3.37. The van der Waals surface area contributed by atoms with E-state index in [1.807, 2.05) is 0 Å². The number of hydrogen-bond acceptors (Lipinski definition) is 6. The van der Waals surface area contributed by atoms with E-state index >= 15 is 0 Å². The third-order valence-electron chi connectivity index (χ3n) is 3.70. The van der Waals surface area contributed by atoms with Crippen molar-refractivity contribution < 1.29 is 4.52 Å². The van der Waals surface area contributed by atoms with Crippen LogP contribution in [0.4, 0.5) is 5.69 Å². The summed E-state index contributed by atoms with van der Waals surface area (Å²) in [6.45, 7) is 1.24. The summed E-state index contributed by atoms with van der Waals surface area (Å²) in [4.78, 5) is 16.4. The number of hydrogen-bond donors (Lipinski definition) is 1. The summed E-state index contributed by atoms with van der Waals surface area (Å²) in [5, 5.41) is 10.9. The van der Waals surface area contributed by atoms with Crippen LogP contribution in [-0.4, -0.2) is 26.5 Å². The van der Waals surface area contributed by atoms with E-state index in [9.17, 15) is 4.79 Å². The molecule has 1 saturated carbocycles. The maximum absolute atomic E-state index is 12.4. The number of nitrogens with zero attached hydrogens (tertiary/aromatic N) is 4. The van der Waals surface area contributed by atoms with Gasteiger partial charge in [-0.25, -0.2) is 4.68 Å². The molecule has 1 N–H and O–H groups in total. The Bertz CT molecular complexity index is 651. The van der Waals surface area contributed by atoms with Gasteiger partial charge < -0.3 is 9.84 Å². The molecule has 112 valence electrons. The molecule has 1 aliphatic rings. The molecule has 2 heterocycles. The molecule has 0 amide bonds. The van der Waals surface area contributed by atoms with Gasteiger partial charge in [-0.15, -0.1) is 0 Å². The summed E-state index contributed by atoms with van der Waals surface area (Å²) < 4.78 is 7.14. The first-order valence-electron chi connectivity index (χ1n) is 6.99. The Balaban J connectivity index is 1.67. The second kappa shape index (κ2) is 6.38. The smallest absolute Gasteiger partial charge is 0.291 e. The van der Waals surface area contributed by atoms with Crippen LogP contribution in [0.1, 0.15) is 25.2 Å². The maximum atomic E-state index is 12.4. The lowest BCUT2D eigenvalue weighted by Crippen LogP contribution is -2.31. The van der Waals surface area contributed by atoms with Crippen molar-refractivity contribution in [2.45, 2.75) is 32.2 Å². The average Bonchev–Trinajstić information content (AvgIpc) is 2.93. The van der Waals surface area contributed by atoms with Gasteiger partial charge in [0.2, 0.25) is 5.89 Å². The first-order valence-corrected chi connectivity index (χ1v) is 7.78. The zero-order chi connectivity index (χ0) is 14.7. The summed E-state index contributed by atoms with van der Waals surface area (Å²) in [6, 6.07) is 0. The van der Waals surface area contributed by atoms with Crippen LogP contribution in [0.15, 0.2) is 26.3 Å². The minimum absolute atomic E-state index is 0.0956. The van der Waals surface area contributed by atoms with Crippen LogP contribution < -0.4 is 10.9 Å². The minimum atomic E-state index is -0.0956. The molecule has 0 aromatic carbocycles. The first kappa shape index (κ1) is 14.2. The van der Waals surface area contributed by atoms with E-state index < -0.39 is 0 Å². The maximum Gasteiger partial charge on any atom is 0.291 e. The number of anilines is 1. The van der Waals surface area contributed by atoms with E-state index in [0.717, 1.165) is 0 Å². The van der Waals surface area contributed by atoms with E-state index in [2.05, 4.69) is 36.5 Å². The molecule has 0 unspecified atom stereocenters. The van der Waals surface area contributed by atoms with Crippen molar-refractivity contribution in [1.29, 1.82) is 0 Å². The fraction of sp³-hybridized carbons (Fsp3) is 0.538. The van der Waals surface area contributed by atoms with Crippen LogP contribution in [0.3, 0.4) is 0 Å². The fourth-order valence-corrected chi connectivity index (χ4v) is 2.68. The Labute approximate surface area is 129 Å². The molecular weight excluding hydrogens is 338 g/mol. The monoisotopic (exact) mass is 353 g/mol. The third kappa shape index (κ3) is 3.31. The molecule has 2 aromatic rings. The van der Waals surface area contributed by atoms with E-state index in [1.165, 1.54) is 25.6 Å². The van der Waals surface area contributed by atoms with Crippen molar-refractivity contribution in [3.05, 3.63) is 33.2 Å². The Hall–Kier alpha value is -1.70. The van der Waals surface area contributed by atoms with Crippen molar-refractivity contribution in [1.82, 2.24) is 19.9 Å². The van der Waals surface area contributed by atoms with Crippen LogP contribution in [0.25, 0.3) is 0 Å². The van der Waals surface area contributed by atoms with Crippen LogP contribution >= 0.6 is 15.9 Å². The highest BCUT2D eigenvalue weighted by Gasteiger charge is 2.20. The van der Waals surface area contributed by atoms with Gasteiger partial charge in [0.15, 0.2) is 6.33 Å². The Morgan fingerprint density at radius 2 is 2.33 bits per heavy atom. The van der Waals surface area contributed by atoms with Gasteiger partial charge in [0.05, 0.1) is 10.7 Å². The molecule has 0 atom stereocenters. The van der Waals surface area contributed by atoms with Gasteiger partial charge in [-0.2, -0.15) is 10.1 Å². The van der Waals surface area contributed by atoms with Crippen molar-refractivity contribution >= 4 is 21.6 Å². The van der Waals surface area contributed by atoms with E-state index in [-0.39, 0.29) is 5.56 Å². The highest BCUT2D eigenvalue weighted by Crippen LogP contribution is 2.27. The predicted octanol–water partition coefficient (Wildman–Crippen LogP) is 1.84. The Morgan fingerprint density at radius 1 is 1.48 bits per heavy atom. The second-order valence-corrected chi connectivity index (χ2v) is 6.02. The molecule has 8 heteroatoms. The standard InChI is InChI=1S/C13H16BrN5O2/c14-10-6-17-19(7-9-2-1-3-9)13(20)12(10)15-5-4-11-16-8-18-21-11/h6,8-9,15H,1-5,7H2. The van der Waals surface area contributed by atoms with Crippen LogP contribution in [0.5, 0.6) is 0 Å². The quantitative estimate of drug-likeness (QED) is 0.852. The average molecular weight is 354 g/mol. The molecule has 7 nitrogen and oxygen atoms in total. The largest absolute Gasteiger partial charge is 0.379 e. The van der Waals surface area contributed by atoms with Crippen molar-refractivity contribution in [2.75, 3.05) is 11.9 Å². The topological polar surface area (TPSA) is 85.8 Å². The van der Waals surface area contributed by atoms with Crippen LogP contribution in [-0.2, 0) is 13.0 Å². The molecule has 2 aromatic heterocycles. The molecule has 0 spiro atoms. The normalized spacial score (nSPS) is 14.9. The van der Waals surface area contributed by atoms with Gasteiger partial charge in [0.1, 0.15) is 5.69 Å². The summed E-state index contributed by atoms with van der Waals surface area (Å²) in [5.41, 5.74) is 0.436. The number of aromatic nitrogens is 4. The molecule has 21 heavy (non-hydrogen) atoms. The highest BCUT2D eigenvalue weighted by atomic mass is 79.9. The number of halogens is 1. The molecule has 1 fully saturated rings. The summed E-state index contributed by atoms with van der Waals surface area (Å²) in [6.07, 6.45) is 7.22. The summed E-state index contributed by atoms with van der Waals surface area (Å²) in [5.74, 6) is 1.13. The van der Waals surface area contributed by atoms with Crippen molar-refractivity contribution in [3.63, 3.8) is 0 Å². The molecular formula is C13H16BrN5O2.